The van der Waals surface area contributed by atoms with E-state index in [9.17, 15) is 17.6 Å². The molecule has 1 saturated heterocycles. The van der Waals surface area contributed by atoms with Crippen molar-refractivity contribution in [3.8, 4) is 5.75 Å². The summed E-state index contributed by atoms with van der Waals surface area (Å²) in [6.07, 6.45) is 1.71. The molecule has 1 aliphatic heterocycles. The molecular weight excluding hydrogens is 327 g/mol. The smallest absolute Gasteiger partial charge is 0.338 e. The minimum atomic E-state index is -3.87. The van der Waals surface area contributed by atoms with Gasteiger partial charge in [-0.05, 0) is 24.8 Å². The molecule has 128 valence electrons. The first-order valence-corrected chi connectivity index (χ1v) is 8.57. The number of ether oxygens (including phenoxy) is 1. The highest BCUT2D eigenvalue weighted by Crippen LogP contribution is 2.30. The average molecular weight is 346 g/mol. The minimum Gasteiger partial charge on any atom is -0.494 e. The van der Waals surface area contributed by atoms with E-state index >= 15 is 0 Å². The van der Waals surface area contributed by atoms with Crippen LogP contribution >= 0.6 is 0 Å². The van der Waals surface area contributed by atoms with Crippen LogP contribution in [0.25, 0.3) is 0 Å². The predicted molar refractivity (Wildman–Crippen MR) is 82.4 cm³/mol. The summed E-state index contributed by atoms with van der Waals surface area (Å²) >= 11 is 0. The Morgan fingerprint density at radius 2 is 2.17 bits per heavy atom. The Bertz CT molecular complexity index is 707. The van der Waals surface area contributed by atoms with Gasteiger partial charge in [0.1, 0.15) is 11.6 Å². The highest BCUT2D eigenvalue weighted by Gasteiger charge is 2.28. The van der Waals surface area contributed by atoms with E-state index in [-0.39, 0.29) is 17.4 Å². The van der Waals surface area contributed by atoms with Gasteiger partial charge in [-0.15, -0.1) is 0 Å². The van der Waals surface area contributed by atoms with Gasteiger partial charge in [-0.3, -0.25) is 4.72 Å². The number of carboxylic acid groups (broad SMARTS) is 1. The van der Waals surface area contributed by atoms with Crippen molar-refractivity contribution in [1.82, 2.24) is 4.31 Å². The maximum atomic E-state index is 13.7. The number of methoxy groups -OCH3 is 1. The number of halogens is 1. The summed E-state index contributed by atoms with van der Waals surface area (Å²) in [6.45, 7) is 2.72. The highest BCUT2D eigenvalue weighted by atomic mass is 32.2. The van der Waals surface area contributed by atoms with E-state index in [4.69, 9.17) is 9.84 Å². The summed E-state index contributed by atoms with van der Waals surface area (Å²) < 4.78 is 47.1. The lowest BCUT2D eigenvalue weighted by Crippen LogP contribution is -2.42. The number of piperidine rings is 1. The topological polar surface area (TPSA) is 95.9 Å². The number of nitrogens with one attached hydrogen (secondary N) is 1. The number of anilines is 1. The maximum Gasteiger partial charge on any atom is 0.338 e. The molecule has 1 aliphatic rings. The van der Waals surface area contributed by atoms with Crippen molar-refractivity contribution in [2.45, 2.75) is 19.8 Å². The van der Waals surface area contributed by atoms with Gasteiger partial charge in [-0.25, -0.2) is 9.18 Å². The molecule has 0 amide bonds. The van der Waals surface area contributed by atoms with Gasteiger partial charge in [0.05, 0.1) is 18.4 Å². The molecular formula is C14H19FN2O5S. The van der Waals surface area contributed by atoms with Gasteiger partial charge >= 0.3 is 16.2 Å². The van der Waals surface area contributed by atoms with Crippen LogP contribution in [-0.2, 0) is 10.2 Å². The van der Waals surface area contributed by atoms with Crippen LogP contribution in [0.5, 0.6) is 5.75 Å². The molecule has 0 aromatic heterocycles. The van der Waals surface area contributed by atoms with Gasteiger partial charge in [-0.1, -0.05) is 6.92 Å². The fourth-order valence-corrected chi connectivity index (χ4v) is 3.92. The van der Waals surface area contributed by atoms with Gasteiger partial charge in [0, 0.05) is 19.2 Å². The zero-order valence-corrected chi connectivity index (χ0v) is 13.7. The number of hydrogen-bond donors (Lipinski definition) is 2. The van der Waals surface area contributed by atoms with E-state index in [1.807, 2.05) is 6.92 Å². The Labute approximate surface area is 134 Å². The summed E-state index contributed by atoms with van der Waals surface area (Å²) in [4.78, 5) is 11.0. The number of hydrogen-bond acceptors (Lipinski definition) is 4. The highest BCUT2D eigenvalue weighted by molar-refractivity contribution is 7.90. The Morgan fingerprint density at radius 1 is 1.48 bits per heavy atom. The molecule has 0 spiro atoms. The van der Waals surface area contributed by atoms with Gasteiger partial charge in [0.25, 0.3) is 0 Å². The van der Waals surface area contributed by atoms with E-state index in [0.29, 0.717) is 13.1 Å². The zero-order valence-electron chi connectivity index (χ0n) is 12.9. The van der Waals surface area contributed by atoms with Crippen LogP contribution in [0, 0.1) is 11.7 Å². The SMILES string of the molecule is COc1cc(F)c(C(=O)O)cc1NS(=O)(=O)N1CCCC(C)C1. The van der Waals surface area contributed by atoms with Crippen LogP contribution in [0.1, 0.15) is 30.1 Å². The quantitative estimate of drug-likeness (QED) is 0.849. The largest absolute Gasteiger partial charge is 0.494 e. The molecule has 1 fully saturated rings. The van der Waals surface area contributed by atoms with Crippen LogP contribution in [0.2, 0.25) is 0 Å². The lowest BCUT2D eigenvalue weighted by Gasteiger charge is -2.30. The molecule has 2 N–H and O–H groups in total. The zero-order chi connectivity index (χ0) is 17.2. The van der Waals surface area contributed by atoms with E-state index in [1.54, 1.807) is 0 Å². The summed E-state index contributed by atoms with van der Waals surface area (Å²) in [7, 11) is -2.62. The second kappa shape index (κ2) is 6.71. The number of aromatic carboxylic acids is 1. The van der Waals surface area contributed by atoms with Gasteiger partial charge in [0.15, 0.2) is 0 Å². The van der Waals surface area contributed by atoms with Crippen molar-refractivity contribution in [3.05, 3.63) is 23.5 Å². The third-order valence-electron chi connectivity index (χ3n) is 3.72. The molecule has 0 saturated carbocycles. The monoisotopic (exact) mass is 346 g/mol. The molecule has 1 atom stereocenters. The van der Waals surface area contributed by atoms with Crippen LogP contribution in [-0.4, -0.2) is 44.0 Å². The average Bonchev–Trinajstić information content (AvgIpc) is 2.48. The molecule has 9 heteroatoms. The van der Waals surface area contributed by atoms with Crippen molar-refractivity contribution < 1.29 is 27.4 Å². The van der Waals surface area contributed by atoms with Crippen molar-refractivity contribution in [2.24, 2.45) is 5.92 Å². The molecule has 2 rings (SSSR count). The Balaban J connectivity index is 2.34. The van der Waals surface area contributed by atoms with Crippen molar-refractivity contribution in [3.63, 3.8) is 0 Å². The number of carboxylic acids is 1. The fraction of sp³-hybridized carbons (Fsp3) is 0.500. The van der Waals surface area contributed by atoms with Crippen LogP contribution in [0.15, 0.2) is 12.1 Å². The first-order valence-electron chi connectivity index (χ1n) is 7.13. The number of carbonyl (C=O) groups is 1. The molecule has 7 nitrogen and oxygen atoms in total. The Hall–Kier alpha value is -1.87. The summed E-state index contributed by atoms with van der Waals surface area (Å²) in [5.74, 6) is -2.33. The fourth-order valence-electron chi connectivity index (χ4n) is 2.54. The van der Waals surface area contributed by atoms with E-state index < -0.39 is 27.6 Å². The van der Waals surface area contributed by atoms with E-state index in [1.165, 1.54) is 11.4 Å². The molecule has 0 radical (unpaired) electrons. The van der Waals surface area contributed by atoms with Crippen molar-refractivity contribution in [1.29, 1.82) is 0 Å². The second-order valence-electron chi connectivity index (χ2n) is 5.55. The molecule has 0 bridgehead atoms. The van der Waals surface area contributed by atoms with Crippen LogP contribution < -0.4 is 9.46 Å². The van der Waals surface area contributed by atoms with E-state index in [2.05, 4.69) is 4.72 Å². The minimum absolute atomic E-state index is 0.0823. The summed E-state index contributed by atoms with van der Waals surface area (Å²) in [5, 5.41) is 8.97. The molecule has 1 heterocycles. The third kappa shape index (κ3) is 3.91. The number of nitrogens with zero attached hydrogens (tertiary/aromatic N) is 1. The maximum absolute atomic E-state index is 13.7. The lowest BCUT2D eigenvalue weighted by atomic mass is 10.0. The Morgan fingerprint density at radius 3 is 2.74 bits per heavy atom. The van der Waals surface area contributed by atoms with Crippen molar-refractivity contribution >= 4 is 21.9 Å². The molecule has 0 aliphatic carbocycles. The van der Waals surface area contributed by atoms with Gasteiger partial charge in [-0.2, -0.15) is 12.7 Å². The lowest BCUT2D eigenvalue weighted by molar-refractivity contribution is 0.0692. The first kappa shape index (κ1) is 17.5. The predicted octanol–water partition coefficient (Wildman–Crippen LogP) is 1.92. The van der Waals surface area contributed by atoms with Crippen LogP contribution in [0.3, 0.4) is 0 Å². The normalized spacial score (nSPS) is 19.3. The summed E-state index contributed by atoms with van der Waals surface area (Å²) in [6, 6.07) is 1.77. The Kier molecular flexibility index (Phi) is 5.10. The molecule has 23 heavy (non-hydrogen) atoms. The number of rotatable bonds is 5. The second-order valence-corrected chi connectivity index (χ2v) is 7.22. The third-order valence-corrected chi connectivity index (χ3v) is 5.21. The standard InChI is InChI=1S/C14H19FN2O5S/c1-9-4-3-5-17(8-9)23(20,21)16-12-6-10(14(18)19)11(15)7-13(12)22-2/h6-7,9,16H,3-5,8H2,1-2H3,(H,18,19). The van der Waals surface area contributed by atoms with Crippen molar-refractivity contribution in [2.75, 3.05) is 24.9 Å². The molecule has 1 aromatic rings. The number of benzene rings is 1. The van der Waals surface area contributed by atoms with E-state index in [0.717, 1.165) is 25.0 Å². The summed E-state index contributed by atoms with van der Waals surface area (Å²) in [5.41, 5.74) is -0.736. The molecule has 1 unspecified atom stereocenters. The molecule has 1 aromatic carbocycles. The van der Waals surface area contributed by atoms with Gasteiger partial charge < -0.3 is 9.84 Å². The van der Waals surface area contributed by atoms with Crippen LogP contribution in [0.4, 0.5) is 10.1 Å². The first-order chi connectivity index (χ1) is 10.7. The van der Waals surface area contributed by atoms with Gasteiger partial charge in [0.2, 0.25) is 0 Å².